The van der Waals surface area contributed by atoms with E-state index in [1.165, 1.54) is 6.92 Å². The average molecular weight is 263 g/mol. The smallest absolute Gasteiger partial charge is 0.221 e. The van der Waals surface area contributed by atoms with Crippen molar-refractivity contribution in [2.24, 2.45) is 0 Å². The molecule has 1 amide bonds. The van der Waals surface area contributed by atoms with Crippen molar-refractivity contribution in [1.29, 1.82) is 0 Å². The summed E-state index contributed by atoms with van der Waals surface area (Å²) in [6.07, 6.45) is 0. The number of hydrazine groups is 1. The molecule has 104 valence electrons. The van der Waals surface area contributed by atoms with E-state index >= 15 is 0 Å². The molecule has 2 rings (SSSR count). The van der Waals surface area contributed by atoms with Gasteiger partial charge in [0, 0.05) is 31.7 Å². The van der Waals surface area contributed by atoms with Gasteiger partial charge in [-0.05, 0) is 24.6 Å². The van der Waals surface area contributed by atoms with Gasteiger partial charge in [-0.1, -0.05) is 12.1 Å². The van der Waals surface area contributed by atoms with E-state index in [-0.39, 0.29) is 11.9 Å². The van der Waals surface area contributed by atoms with E-state index in [9.17, 15) is 4.79 Å². The predicted octanol–water partition coefficient (Wildman–Crippen LogP) is 1.54. The van der Waals surface area contributed by atoms with Crippen molar-refractivity contribution in [1.82, 2.24) is 10.4 Å². The molecule has 1 saturated heterocycles. The molecule has 1 aromatic carbocycles. The molecule has 0 radical (unpaired) electrons. The second kappa shape index (κ2) is 6.65. The van der Waals surface area contributed by atoms with Gasteiger partial charge < -0.3 is 10.1 Å². The zero-order valence-electron chi connectivity index (χ0n) is 11.5. The number of hydrogen-bond acceptors (Lipinski definition) is 4. The van der Waals surface area contributed by atoms with Crippen LogP contribution in [0.3, 0.4) is 0 Å². The Morgan fingerprint density at radius 2 is 2.11 bits per heavy atom. The highest BCUT2D eigenvalue weighted by Gasteiger charge is 2.14. The topological polar surface area (TPSA) is 53.6 Å². The molecule has 1 aromatic rings. The summed E-state index contributed by atoms with van der Waals surface area (Å²) in [6.45, 7) is 6.97. The Morgan fingerprint density at radius 3 is 2.79 bits per heavy atom. The van der Waals surface area contributed by atoms with E-state index in [1.807, 2.05) is 18.2 Å². The number of benzene rings is 1. The zero-order valence-corrected chi connectivity index (χ0v) is 11.5. The molecule has 1 fully saturated rings. The number of carbonyl (C=O) groups is 1. The average Bonchev–Trinajstić information content (AvgIpc) is 2.39. The van der Waals surface area contributed by atoms with Crippen LogP contribution >= 0.6 is 0 Å². The van der Waals surface area contributed by atoms with Crippen molar-refractivity contribution in [2.75, 3.05) is 31.6 Å². The molecule has 2 N–H and O–H groups in total. The molecule has 0 aliphatic carbocycles. The first kappa shape index (κ1) is 14.0. The molecule has 0 bridgehead atoms. The lowest BCUT2D eigenvalue weighted by Crippen LogP contribution is -2.46. The van der Waals surface area contributed by atoms with Gasteiger partial charge in [0.25, 0.3) is 0 Å². The highest BCUT2D eigenvalue weighted by molar-refractivity contribution is 5.88. The van der Waals surface area contributed by atoms with Gasteiger partial charge in [0.1, 0.15) is 0 Å². The minimum Gasteiger partial charge on any atom is -0.379 e. The molecule has 1 aliphatic heterocycles. The normalized spacial score (nSPS) is 18.0. The number of carbonyl (C=O) groups excluding carboxylic acids is 1. The first-order valence-corrected chi connectivity index (χ1v) is 6.61. The molecule has 5 nitrogen and oxygen atoms in total. The van der Waals surface area contributed by atoms with Crippen molar-refractivity contribution in [2.45, 2.75) is 19.9 Å². The van der Waals surface area contributed by atoms with E-state index in [4.69, 9.17) is 4.74 Å². The number of morpholine rings is 1. The molecule has 5 heteroatoms. The van der Waals surface area contributed by atoms with Gasteiger partial charge in [-0.3, -0.25) is 4.79 Å². The third-order valence-electron chi connectivity index (χ3n) is 3.09. The Labute approximate surface area is 113 Å². The predicted molar refractivity (Wildman–Crippen MR) is 74.7 cm³/mol. The van der Waals surface area contributed by atoms with Crippen LogP contribution < -0.4 is 10.7 Å². The summed E-state index contributed by atoms with van der Waals surface area (Å²) in [5.41, 5.74) is 5.44. The molecular weight excluding hydrogens is 242 g/mol. The summed E-state index contributed by atoms with van der Waals surface area (Å²) in [7, 11) is 0. The summed E-state index contributed by atoms with van der Waals surface area (Å²) in [6, 6.07) is 8.11. The Kier molecular flexibility index (Phi) is 4.90. The molecule has 1 heterocycles. The fourth-order valence-corrected chi connectivity index (χ4v) is 2.13. The van der Waals surface area contributed by atoms with Crippen molar-refractivity contribution < 1.29 is 9.53 Å². The first-order chi connectivity index (χ1) is 9.15. The molecule has 0 spiro atoms. The zero-order chi connectivity index (χ0) is 13.7. The minimum absolute atomic E-state index is 0.0501. The minimum atomic E-state index is -0.0501. The van der Waals surface area contributed by atoms with E-state index in [1.54, 1.807) is 0 Å². The summed E-state index contributed by atoms with van der Waals surface area (Å²) >= 11 is 0. The molecule has 0 saturated carbocycles. The number of nitrogens with zero attached hydrogens (tertiary/aromatic N) is 1. The lowest BCUT2D eigenvalue weighted by Gasteiger charge is -2.30. The maximum Gasteiger partial charge on any atom is 0.221 e. The van der Waals surface area contributed by atoms with Crippen LogP contribution in [0.2, 0.25) is 0 Å². The second-order valence-corrected chi connectivity index (χ2v) is 4.76. The van der Waals surface area contributed by atoms with Crippen LogP contribution in [0, 0.1) is 0 Å². The number of ether oxygens (including phenoxy) is 1. The molecule has 19 heavy (non-hydrogen) atoms. The summed E-state index contributed by atoms with van der Waals surface area (Å²) in [5.74, 6) is -0.0501. The second-order valence-electron chi connectivity index (χ2n) is 4.76. The van der Waals surface area contributed by atoms with Crippen LogP contribution in [-0.4, -0.2) is 37.2 Å². The lowest BCUT2D eigenvalue weighted by atomic mass is 10.1. The van der Waals surface area contributed by atoms with Crippen LogP contribution in [0.4, 0.5) is 5.69 Å². The number of anilines is 1. The van der Waals surface area contributed by atoms with Crippen LogP contribution in [0.15, 0.2) is 24.3 Å². The highest BCUT2D eigenvalue weighted by Crippen LogP contribution is 2.18. The van der Waals surface area contributed by atoms with E-state index < -0.39 is 0 Å². The van der Waals surface area contributed by atoms with Crippen LogP contribution in [-0.2, 0) is 9.53 Å². The SMILES string of the molecule is CC(=O)Nc1cccc(C(C)NN2CCOCC2)c1. The van der Waals surface area contributed by atoms with Crippen molar-refractivity contribution in [3.05, 3.63) is 29.8 Å². The molecular formula is C14H21N3O2. The molecule has 1 unspecified atom stereocenters. The van der Waals surface area contributed by atoms with Crippen LogP contribution in [0.1, 0.15) is 25.5 Å². The number of nitrogens with one attached hydrogen (secondary N) is 2. The summed E-state index contributed by atoms with van der Waals surface area (Å²) in [5, 5.41) is 4.98. The van der Waals surface area contributed by atoms with E-state index in [2.05, 4.69) is 28.7 Å². The maximum absolute atomic E-state index is 11.1. The number of hydrogen-bond donors (Lipinski definition) is 2. The largest absolute Gasteiger partial charge is 0.379 e. The van der Waals surface area contributed by atoms with Gasteiger partial charge in [-0.25, -0.2) is 10.4 Å². The standard InChI is InChI=1S/C14H21N3O2/c1-11(16-17-6-8-19-9-7-17)13-4-3-5-14(10-13)15-12(2)18/h3-5,10-11,16H,6-9H2,1-2H3,(H,15,18). The Bertz CT molecular complexity index is 430. The number of rotatable bonds is 4. The number of amides is 1. The quantitative estimate of drug-likeness (QED) is 0.865. The van der Waals surface area contributed by atoms with Crippen molar-refractivity contribution >= 4 is 11.6 Å². The van der Waals surface area contributed by atoms with Crippen molar-refractivity contribution in [3.8, 4) is 0 Å². The third-order valence-corrected chi connectivity index (χ3v) is 3.09. The Morgan fingerprint density at radius 1 is 1.37 bits per heavy atom. The Hall–Kier alpha value is -1.43. The molecule has 0 aromatic heterocycles. The van der Waals surface area contributed by atoms with Gasteiger partial charge in [0.2, 0.25) is 5.91 Å². The van der Waals surface area contributed by atoms with Gasteiger partial charge in [0.05, 0.1) is 13.2 Å². The third kappa shape index (κ3) is 4.31. The maximum atomic E-state index is 11.1. The molecule has 1 atom stereocenters. The fourth-order valence-electron chi connectivity index (χ4n) is 2.13. The van der Waals surface area contributed by atoms with Crippen LogP contribution in [0.5, 0.6) is 0 Å². The van der Waals surface area contributed by atoms with Crippen molar-refractivity contribution in [3.63, 3.8) is 0 Å². The lowest BCUT2D eigenvalue weighted by molar-refractivity contribution is -0.114. The highest BCUT2D eigenvalue weighted by atomic mass is 16.5. The van der Waals surface area contributed by atoms with Gasteiger partial charge >= 0.3 is 0 Å². The first-order valence-electron chi connectivity index (χ1n) is 6.61. The van der Waals surface area contributed by atoms with Gasteiger partial charge in [-0.2, -0.15) is 0 Å². The van der Waals surface area contributed by atoms with E-state index in [0.29, 0.717) is 0 Å². The Balaban J connectivity index is 1.97. The summed E-state index contributed by atoms with van der Waals surface area (Å²) < 4.78 is 5.32. The van der Waals surface area contributed by atoms with Gasteiger partial charge in [0.15, 0.2) is 0 Å². The van der Waals surface area contributed by atoms with Crippen LogP contribution in [0.25, 0.3) is 0 Å². The van der Waals surface area contributed by atoms with Gasteiger partial charge in [-0.15, -0.1) is 0 Å². The summed E-state index contributed by atoms with van der Waals surface area (Å²) in [4.78, 5) is 11.1. The molecule has 1 aliphatic rings. The monoisotopic (exact) mass is 263 g/mol. The van der Waals surface area contributed by atoms with E-state index in [0.717, 1.165) is 37.6 Å². The fraction of sp³-hybridized carbons (Fsp3) is 0.500.